The second-order valence-electron chi connectivity index (χ2n) is 8.38. The van der Waals surface area contributed by atoms with E-state index in [-0.39, 0.29) is 5.56 Å². The Balaban J connectivity index is 1.36. The van der Waals surface area contributed by atoms with Crippen molar-refractivity contribution < 1.29 is 0 Å². The molecule has 2 unspecified atom stereocenters. The van der Waals surface area contributed by atoms with Gasteiger partial charge in [-0.15, -0.1) is 0 Å². The van der Waals surface area contributed by atoms with Gasteiger partial charge in [0.05, 0.1) is 11.9 Å². The minimum Gasteiger partial charge on any atom is -0.356 e. The Hall–Kier alpha value is -2.67. The first-order valence-corrected chi connectivity index (χ1v) is 10.6. The highest BCUT2D eigenvalue weighted by Gasteiger charge is 2.21. The summed E-state index contributed by atoms with van der Waals surface area (Å²) in [7, 11) is 0. The van der Waals surface area contributed by atoms with Crippen molar-refractivity contribution in [3.8, 4) is 5.69 Å². The molecule has 2 N–H and O–H groups in total. The lowest BCUT2D eigenvalue weighted by atomic mass is 9.92. The molecule has 3 heterocycles. The van der Waals surface area contributed by atoms with Crippen LogP contribution in [-0.2, 0) is 0 Å². The number of benzene rings is 1. The van der Waals surface area contributed by atoms with Crippen LogP contribution in [0.2, 0.25) is 0 Å². The molecular weight excluding hydrogens is 364 g/mol. The number of unbranched alkanes of at least 4 members (excludes halogenated alkanes) is 1. The molecule has 29 heavy (non-hydrogen) atoms. The summed E-state index contributed by atoms with van der Waals surface area (Å²) in [5.74, 6) is 2.10. The molecule has 0 amide bonds. The van der Waals surface area contributed by atoms with Crippen LogP contribution < -0.4 is 10.9 Å². The lowest BCUT2D eigenvalue weighted by molar-refractivity contribution is 0.139. The Morgan fingerprint density at radius 1 is 1.14 bits per heavy atom. The lowest BCUT2D eigenvalue weighted by Crippen LogP contribution is -2.39. The number of hydrogen-bond acceptors (Lipinski definition) is 5. The van der Waals surface area contributed by atoms with Crippen molar-refractivity contribution in [3.63, 3.8) is 0 Å². The first-order chi connectivity index (χ1) is 14.1. The number of hydrogen-bond donors (Lipinski definition) is 2. The lowest BCUT2D eigenvalue weighted by Gasteiger charge is -2.34. The number of fused-ring (bicyclic) bond motifs is 1. The number of piperidine rings is 1. The zero-order valence-corrected chi connectivity index (χ0v) is 17.3. The minimum atomic E-state index is -0.170. The number of H-pyrrole nitrogens is 1. The number of likely N-dealkylation sites (tertiary alicyclic amines) is 1. The summed E-state index contributed by atoms with van der Waals surface area (Å²) in [6.45, 7) is 9.05. The first-order valence-electron chi connectivity index (χ1n) is 10.6. The molecule has 7 nitrogen and oxygen atoms in total. The molecule has 1 saturated heterocycles. The molecule has 0 bridgehead atoms. The highest BCUT2D eigenvalue weighted by Crippen LogP contribution is 2.21. The first kappa shape index (κ1) is 19.6. The van der Waals surface area contributed by atoms with E-state index in [0.717, 1.165) is 43.5 Å². The van der Waals surface area contributed by atoms with Crippen molar-refractivity contribution in [1.82, 2.24) is 24.6 Å². The van der Waals surface area contributed by atoms with Gasteiger partial charge in [-0.1, -0.05) is 32.0 Å². The molecule has 4 rings (SSSR count). The molecule has 0 radical (unpaired) electrons. The summed E-state index contributed by atoms with van der Waals surface area (Å²) in [6.07, 6.45) is 5.09. The van der Waals surface area contributed by atoms with E-state index in [1.807, 2.05) is 30.3 Å². The van der Waals surface area contributed by atoms with E-state index < -0.39 is 0 Å². The predicted octanol–water partition coefficient (Wildman–Crippen LogP) is 3.28. The van der Waals surface area contributed by atoms with E-state index in [1.165, 1.54) is 19.5 Å². The van der Waals surface area contributed by atoms with Crippen molar-refractivity contribution in [2.75, 3.05) is 31.5 Å². The fraction of sp³-hybridized carbons (Fsp3) is 0.500. The van der Waals surface area contributed by atoms with Crippen LogP contribution >= 0.6 is 0 Å². The Morgan fingerprint density at radius 3 is 2.66 bits per heavy atom. The number of nitrogens with zero attached hydrogens (tertiary/aromatic N) is 4. The van der Waals surface area contributed by atoms with Crippen molar-refractivity contribution in [3.05, 3.63) is 46.9 Å². The fourth-order valence-corrected chi connectivity index (χ4v) is 4.40. The van der Waals surface area contributed by atoms with E-state index in [0.29, 0.717) is 17.0 Å². The highest BCUT2D eigenvalue weighted by atomic mass is 16.1. The fourth-order valence-electron chi connectivity index (χ4n) is 4.40. The second-order valence-corrected chi connectivity index (χ2v) is 8.38. The monoisotopic (exact) mass is 394 g/mol. The van der Waals surface area contributed by atoms with Gasteiger partial charge in [0.25, 0.3) is 5.56 Å². The minimum absolute atomic E-state index is 0.170. The number of nitrogens with one attached hydrogen (secondary N) is 2. The summed E-state index contributed by atoms with van der Waals surface area (Å²) >= 11 is 0. The molecule has 7 heteroatoms. The van der Waals surface area contributed by atoms with Gasteiger partial charge < -0.3 is 10.2 Å². The largest absolute Gasteiger partial charge is 0.356 e. The van der Waals surface area contributed by atoms with Gasteiger partial charge in [-0.3, -0.25) is 9.78 Å². The van der Waals surface area contributed by atoms with E-state index in [2.05, 4.69) is 39.1 Å². The SMILES string of the molecule is CC1CC(C)CN(CCCCNc2nc3c(cnn3-c3ccccc3)c(=O)[nH]2)C1. The van der Waals surface area contributed by atoms with Gasteiger partial charge in [-0.05, 0) is 49.8 Å². The van der Waals surface area contributed by atoms with Gasteiger partial charge in [-0.25, -0.2) is 4.68 Å². The highest BCUT2D eigenvalue weighted by molar-refractivity contribution is 5.76. The smallest absolute Gasteiger partial charge is 0.263 e. The van der Waals surface area contributed by atoms with Gasteiger partial charge in [0, 0.05) is 19.6 Å². The van der Waals surface area contributed by atoms with Crippen LogP contribution in [0.3, 0.4) is 0 Å². The summed E-state index contributed by atoms with van der Waals surface area (Å²) in [5.41, 5.74) is 1.28. The third kappa shape index (κ3) is 4.67. The molecule has 0 aliphatic carbocycles. The number of para-hydroxylation sites is 1. The maximum absolute atomic E-state index is 12.4. The van der Waals surface area contributed by atoms with Gasteiger partial charge in [0.1, 0.15) is 5.39 Å². The average molecular weight is 395 g/mol. The molecular formula is C22H30N6O. The van der Waals surface area contributed by atoms with Crippen LogP contribution in [0.1, 0.15) is 33.1 Å². The summed E-state index contributed by atoms with van der Waals surface area (Å²) in [4.78, 5) is 22.4. The maximum Gasteiger partial charge on any atom is 0.263 e. The van der Waals surface area contributed by atoms with E-state index in [1.54, 1.807) is 10.9 Å². The molecule has 1 aliphatic heterocycles. The predicted molar refractivity (Wildman–Crippen MR) is 117 cm³/mol. The van der Waals surface area contributed by atoms with Gasteiger partial charge in [-0.2, -0.15) is 10.1 Å². The van der Waals surface area contributed by atoms with Crippen LogP contribution in [0.15, 0.2) is 41.3 Å². The standard InChI is InChI=1S/C22H30N6O/c1-16-12-17(2)15-27(14-16)11-7-6-10-23-22-25-20-19(21(29)26-22)13-24-28(20)18-8-4-3-5-9-18/h3-5,8-9,13,16-17H,6-7,10-12,14-15H2,1-2H3,(H2,23,25,26,29). The van der Waals surface area contributed by atoms with E-state index in [4.69, 9.17) is 0 Å². The number of rotatable bonds is 7. The molecule has 2 atom stereocenters. The molecule has 0 spiro atoms. The van der Waals surface area contributed by atoms with Crippen molar-refractivity contribution in [2.45, 2.75) is 33.1 Å². The second kappa shape index (κ2) is 8.78. The summed E-state index contributed by atoms with van der Waals surface area (Å²) in [5, 5.41) is 8.11. The van der Waals surface area contributed by atoms with Crippen molar-refractivity contribution in [2.24, 2.45) is 11.8 Å². The molecule has 154 valence electrons. The number of anilines is 1. The quantitative estimate of drug-likeness (QED) is 0.601. The zero-order valence-electron chi connectivity index (χ0n) is 17.3. The van der Waals surface area contributed by atoms with Gasteiger partial charge in [0.2, 0.25) is 5.95 Å². The van der Waals surface area contributed by atoms with Crippen molar-refractivity contribution in [1.29, 1.82) is 0 Å². The Bertz CT molecular complexity index is 985. The maximum atomic E-state index is 12.4. The molecule has 1 fully saturated rings. The van der Waals surface area contributed by atoms with Crippen LogP contribution in [0.5, 0.6) is 0 Å². The van der Waals surface area contributed by atoms with Crippen LogP contribution in [-0.4, -0.2) is 50.8 Å². The van der Waals surface area contributed by atoms with Crippen LogP contribution in [0.4, 0.5) is 5.95 Å². The van der Waals surface area contributed by atoms with Gasteiger partial charge >= 0.3 is 0 Å². The van der Waals surface area contributed by atoms with Crippen LogP contribution in [0, 0.1) is 11.8 Å². The van der Waals surface area contributed by atoms with Crippen molar-refractivity contribution >= 4 is 17.0 Å². The topological polar surface area (TPSA) is 78.8 Å². The summed E-state index contributed by atoms with van der Waals surface area (Å²) < 4.78 is 1.70. The molecule has 2 aromatic heterocycles. The zero-order chi connectivity index (χ0) is 20.2. The normalized spacial score (nSPS) is 20.2. The number of aromatic amines is 1. The molecule has 1 aromatic carbocycles. The van der Waals surface area contributed by atoms with Gasteiger partial charge in [0.15, 0.2) is 5.65 Å². The Kier molecular flexibility index (Phi) is 5.94. The Morgan fingerprint density at radius 2 is 1.90 bits per heavy atom. The van der Waals surface area contributed by atoms with E-state index >= 15 is 0 Å². The van der Waals surface area contributed by atoms with Crippen LogP contribution in [0.25, 0.3) is 16.7 Å². The molecule has 0 saturated carbocycles. The molecule has 3 aromatic rings. The number of aromatic nitrogens is 4. The third-order valence-corrected chi connectivity index (χ3v) is 5.58. The molecule has 1 aliphatic rings. The summed E-state index contributed by atoms with van der Waals surface area (Å²) in [6, 6.07) is 9.74. The average Bonchev–Trinajstić information content (AvgIpc) is 3.12. The third-order valence-electron chi connectivity index (χ3n) is 5.58. The Labute approximate surface area is 171 Å². The van der Waals surface area contributed by atoms with E-state index in [9.17, 15) is 4.79 Å².